The third kappa shape index (κ3) is 3.06. The molecule has 0 fully saturated rings. The fourth-order valence-corrected chi connectivity index (χ4v) is 1.82. The molecule has 11 heavy (non-hydrogen) atoms. The van der Waals surface area contributed by atoms with E-state index in [2.05, 4.69) is 26.8 Å². The summed E-state index contributed by atoms with van der Waals surface area (Å²) in [5, 5.41) is 0. The van der Waals surface area contributed by atoms with E-state index >= 15 is 0 Å². The van der Waals surface area contributed by atoms with Gasteiger partial charge in [0.05, 0.1) is 0 Å². The largest absolute Gasteiger partial charge is 0.145 e. The molecule has 0 atom stereocenters. The Bertz CT molecular complexity index is 179. The lowest BCUT2D eigenvalue weighted by Crippen LogP contribution is -1.66. The smallest absolute Gasteiger partial charge is 0.00480 e. The first-order valence-electron chi connectivity index (χ1n) is 4.30. The third-order valence-corrected chi connectivity index (χ3v) is 2.86. The molecule has 0 saturated carbocycles. The SMILES string of the molecule is CC.CCc1cc(C)c(C)s1. The van der Waals surface area contributed by atoms with Crippen LogP contribution in [0.2, 0.25) is 0 Å². The van der Waals surface area contributed by atoms with Crippen LogP contribution in [0.15, 0.2) is 6.07 Å². The molecule has 0 aliphatic carbocycles. The van der Waals surface area contributed by atoms with Crippen LogP contribution in [-0.4, -0.2) is 0 Å². The van der Waals surface area contributed by atoms with E-state index in [9.17, 15) is 0 Å². The highest BCUT2D eigenvalue weighted by atomic mass is 32.1. The van der Waals surface area contributed by atoms with E-state index in [0.717, 1.165) is 0 Å². The lowest BCUT2D eigenvalue weighted by atomic mass is 10.2. The summed E-state index contributed by atoms with van der Waals surface area (Å²) in [5.74, 6) is 0. The van der Waals surface area contributed by atoms with E-state index in [1.807, 2.05) is 25.2 Å². The van der Waals surface area contributed by atoms with Crippen LogP contribution in [0.5, 0.6) is 0 Å². The molecule has 0 spiro atoms. The summed E-state index contributed by atoms with van der Waals surface area (Å²) < 4.78 is 0. The van der Waals surface area contributed by atoms with Crippen LogP contribution >= 0.6 is 11.3 Å². The fourth-order valence-electron chi connectivity index (χ4n) is 0.824. The van der Waals surface area contributed by atoms with Crippen molar-refractivity contribution < 1.29 is 0 Å². The van der Waals surface area contributed by atoms with Crippen LogP contribution in [0.1, 0.15) is 36.1 Å². The molecule has 0 aliphatic rings. The maximum Gasteiger partial charge on any atom is 0.00480 e. The van der Waals surface area contributed by atoms with E-state index in [1.165, 1.54) is 21.7 Å². The number of rotatable bonds is 1. The maximum absolute atomic E-state index is 2.28. The van der Waals surface area contributed by atoms with Gasteiger partial charge in [0.2, 0.25) is 0 Å². The lowest BCUT2D eigenvalue weighted by Gasteiger charge is -1.80. The van der Waals surface area contributed by atoms with Crippen molar-refractivity contribution in [2.75, 3.05) is 0 Å². The summed E-state index contributed by atoms with van der Waals surface area (Å²) in [7, 11) is 0. The highest BCUT2D eigenvalue weighted by Crippen LogP contribution is 2.20. The molecular formula is C10H18S. The lowest BCUT2D eigenvalue weighted by molar-refractivity contribution is 1.18. The summed E-state index contributed by atoms with van der Waals surface area (Å²) in [4.78, 5) is 2.97. The van der Waals surface area contributed by atoms with Crippen molar-refractivity contribution in [3.8, 4) is 0 Å². The van der Waals surface area contributed by atoms with E-state index in [1.54, 1.807) is 0 Å². The maximum atomic E-state index is 2.28. The van der Waals surface area contributed by atoms with Crippen molar-refractivity contribution in [1.29, 1.82) is 0 Å². The van der Waals surface area contributed by atoms with Gasteiger partial charge in [0.15, 0.2) is 0 Å². The van der Waals surface area contributed by atoms with Crippen LogP contribution in [-0.2, 0) is 6.42 Å². The number of thiophene rings is 1. The van der Waals surface area contributed by atoms with Crippen molar-refractivity contribution in [1.82, 2.24) is 0 Å². The van der Waals surface area contributed by atoms with E-state index in [-0.39, 0.29) is 0 Å². The zero-order valence-electron chi connectivity index (χ0n) is 8.19. The molecule has 1 heterocycles. The highest BCUT2D eigenvalue weighted by molar-refractivity contribution is 7.12. The molecular weight excluding hydrogens is 152 g/mol. The zero-order valence-corrected chi connectivity index (χ0v) is 9.01. The normalized spacial score (nSPS) is 8.82. The summed E-state index contributed by atoms with van der Waals surface area (Å²) in [6.07, 6.45) is 1.18. The van der Waals surface area contributed by atoms with Crippen molar-refractivity contribution in [3.05, 3.63) is 21.4 Å². The number of aryl methyl sites for hydroxylation is 3. The molecule has 0 N–H and O–H groups in total. The minimum Gasteiger partial charge on any atom is -0.145 e. The molecule has 1 aromatic rings. The number of hydrogen-bond donors (Lipinski definition) is 0. The van der Waals surface area contributed by atoms with Gasteiger partial charge in [0.25, 0.3) is 0 Å². The second-order valence-corrected chi connectivity index (χ2v) is 3.65. The standard InChI is InChI=1S/C8H12S.C2H6/c1-4-8-5-6(2)7(3)9-8;1-2/h5H,4H2,1-3H3;1-2H3. The van der Waals surface area contributed by atoms with Gasteiger partial charge < -0.3 is 0 Å². The first kappa shape index (κ1) is 10.7. The molecule has 1 rings (SSSR count). The minimum atomic E-state index is 1.18. The van der Waals surface area contributed by atoms with Crippen LogP contribution < -0.4 is 0 Å². The minimum absolute atomic E-state index is 1.18. The van der Waals surface area contributed by atoms with Crippen molar-refractivity contribution in [3.63, 3.8) is 0 Å². The van der Waals surface area contributed by atoms with Gasteiger partial charge in [-0.05, 0) is 31.9 Å². The molecule has 64 valence electrons. The predicted molar refractivity (Wildman–Crippen MR) is 54.5 cm³/mol. The number of hydrogen-bond acceptors (Lipinski definition) is 1. The average molecular weight is 170 g/mol. The molecule has 0 bridgehead atoms. The van der Waals surface area contributed by atoms with E-state index in [4.69, 9.17) is 0 Å². The van der Waals surface area contributed by atoms with Crippen LogP contribution in [0, 0.1) is 13.8 Å². The first-order valence-corrected chi connectivity index (χ1v) is 5.11. The monoisotopic (exact) mass is 170 g/mol. The Morgan fingerprint density at radius 3 is 2.00 bits per heavy atom. The Balaban J connectivity index is 0.000000461. The van der Waals surface area contributed by atoms with Gasteiger partial charge in [-0.3, -0.25) is 0 Å². The average Bonchev–Trinajstić information content (AvgIpc) is 2.36. The summed E-state index contributed by atoms with van der Waals surface area (Å²) in [6, 6.07) is 2.28. The Labute approximate surface area is 74.3 Å². The first-order chi connectivity index (χ1) is 5.24. The van der Waals surface area contributed by atoms with Gasteiger partial charge in [0, 0.05) is 9.75 Å². The van der Waals surface area contributed by atoms with Crippen molar-refractivity contribution in [2.45, 2.75) is 41.0 Å². The Morgan fingerprint density at radius 1 is 1.27 bits per heavy atom. The molecule has 0 aromatic carbocycles. The van der Waals surface area contributed by atoms with Gasteiger partial charge in [-0.1, -0.05) is 20.8 Å². The quantitative estimate of drug-likeness (QED) is 0.598. The van der Waals surface area contributed by atoms with E-state index < -0.39 is 0 Å². The van der Waals surface area contributed by atoms with Gasteiger partial charge in [-0.2, -0.15) is 0 Å². The fraction of sp³-hybridized carbons (Fsp3) is 0.600. The molecule has 0 amide bonds. The third-order valence-electron chi connectivity index (χ3n) is 1.57. The van der Waals surface area contributed by atoms with Crippen LogP contribution in [0.3, 0.4) is 0 Å². The molecule has 0 aliphatic heterocycles. The summed E-state index contributed by atoms with van der Waals surface area (Å²) in [5.41, 5.74) is 1.44. The second-order valence-electron chi connectivity index (χ2n) is 2.31. The Morgan fingerprint density at radius 2 is 1.82 bits per heavy atom. The second kappa shape index (κ2) is 5.36. The topological polar surface area (TPSA) is 0 Å². The Kier molecular flexibility index (Phi) is 5.22. The Hall–Kier alpha value is -0.300. The molecule has 0 unspecified atom stereocenters. The summed E-state index contributed by atoms with van der Waals surface area (Å²) in [6.45, 7) is 10.6. The van der Waals surface area contributed by atoms with Gasteiger partial charge in [-0.15, -0.1) is 11.3 Å². The van der Waals surface area contributed by atoms with E-state index in [0.29, 0.717) is 0 Å². The predicted octanol–water partition coefficient (Wildman–Crippen LogP) is 3.95. The highest BCUT2D eigenvalue weighted by Gasteiger charge is 1.96. The summed E-state index contributed by atoms with van der Waals surface area (Å²) >= 11 is 1.91. The van der Waals surface area contributed by atoms with Gasteiger partial charge in [0.1, 0.15) is 0 Å². The molecule has 1 aromatic heterocycles. The molecule has 0 radical (unpaired) electrons. The molecule has 1 heteroatoms. The van der Waals surface area contributed by atoms with Crippen molar-refractivity contribution in [2.24, 2.45) is 0 Å². The van der Waals surface area contributed by atoms with Crippen molar-refractivity contribution >= 4 is 11.3 Å². The van der Waals surface area contributed by atoms with Gasteiger partial charge in [-0.25, -0.2) is 0 Å². The van der Waals surface area contributed by atoms with Gasteiger partial charge >= 0.3 is 0 Å². The van der Waals surface area contributed by atoms with Crippen LogP contribution in [0.25, 0.3) is 0 Å². The molecule has 0 saturated heterocycles. The van der Waals surface area contributed by atoms with Crippen LogP contribution in [0.4, 0.5) is 0 Å². The molecule has 0 nitrogen and oxygen atoms in total. The zero-order chi connectivity index (χ0) is 8.85.